The first-order chi connectivity index (χ1) is 10.6. The molecule has 0 radical (unpaired) electrons. The average molecular weight is 316 g/mol. The number of hydrogen-bond acceptors (Lipinski definition) is 4. The van der Waals surface area contributed by atoms with Crippen molar-refractivity contribution in [1.82, 2.24) is 0 Å². The summed E-state index contributed by atoms with van der Waals surface area (Å²) < 4.78 is 11.1. The van der Waals surface area contributed by atoms with Gasteiger partial charge < -0.3 is 9.47 Å². The predicted molar refractivity (Wildman–Crippen MR) is 79.4 cm³/mol. The van der Waals surface area contributed by atoms with E-state index < -0.39 is 11.7 Å². The SMILES string of the molecule is COC12Oc3ccc(Cl)cc3N1C(=O)c1ccccc1C2=O. The number of fused-ring (bicyclic) bond motifs is 4. The van der Waals surface area contributed by atoms with E-state index in [0.717, 1.165) is 0 Å². The summed E-state index contributed by atoms with van der Waals surface area (Å²) in [6, 6.07) is 11.4. The molecule has 110 valence electrons. The number of carbonyl (C=O) groups is 2. The summed E-state index contributed by atoms with van der Waals surface area (Å²) in [7, 11) is 1.33. The van der Waals surface area contributed by atoms with Crippen LogP contribution in [0.25, 0.3) is 0 Å². The topological polar surface area (TPSA) is 55.8 Å². The highest BCUT2D eigenvalue weighted by Gasteiger charge is 2.60. The number of methoxy groups -OCH3 is 1. The Morgan fingerprint density at radius 1 is 1.14 bits per heavy atom. The van der Waals surface area contributed by atoms with Crippen molar-refractivity contribution in [1.29, 1.82) is 0 Å². The molecule has 0 fully saturated rings. The molecule has 2 aromatic carbocycles. The fourth-order valence-corrected chi connectivity index (χ4v) is 3.05. The number of Topliss-reactive ketones (excluding diaryl/α,β-unsaturated/α-hetero) is 1. The molecule has 0 bridgehead atoms. The third kappa shape index (κ3) is 1.47. The highest BCUT2D eigenvalue weighted by Crippen LogP contribution is 2.48. The molecule has 2 heterocycles. The van der Waals surface area contributed by atoms with Gasteiger partial charge in [-0.15, -0.1) is 0 Å². The van der Waals surface area contributed by atoms with Crippen molar-refractivity contribution < 1.29 is 19.1 Å². The van der Waals surface area contributed by atoms with E-state index in [0.29, 0.717) is 22.0 Å². The minimum atomic E-state index is -1.81. The van der Waals surface area contributed by atoms with Crippen LogP contribution >= 0.6 is 11.6 Å². The molecule has 0 saturated heterocycles. The van der Waals surface area contributed by atoms with E-state index in [1.54, 1.807) is 42.5 Å². The molecular weight excluding hydrogens is 306 g/mol. The van der Waals surface area contributed by atoms with Crippen LogP contribution in [0, 0.1) is 0 Å². The Morgan fingerprint density at radius 2 is 1.86 bits per heavy atom. The third-order valence-electron chi connectivity index (χ3n) is 3.87. The highest BCUT2D eigenvalue weighted by molar-refractivity contribution is 6.31. The summed E-state index contributed by atoms with van der Waals surface area (Å²) in [4.78, 5) is 26.9. The number of anilines is 1. The molecule has 0 aliphatic carbocycles. The number of ether oxygens (including phenoxy) is 2. The van der Waals surface area contributed by atoms with Crippen molar-refractivity contribution in [3.8, 4) is 5.75 Å². The largest absolute Gasteiger partial charge is 0.435 e. The van der Waals surface area contributed by atoms with E-state index in [2.05, 4.69) is 0 Å². The minimum absolute atomic E-state index is 0.282. The summed E-state index contributed by atoms with van der Waals surface area (Å²) in [6.07, 6.45) is 0. The zero-order chi connectivity index (χ0) is 15.5. The molecular formula is C16H10ClNO4. The number of carbonyl (C=O) groups excluding carboxylic acids is 2. The quantitative estimate of drug-likeness (QED) is 0.812. The van der Waals surface area contributed by atoms with Crippen LogP contribution in [0.15, 0.2) is 42.5 Å². The Kier molecular flexibility index (Phi) is 2.61. The molecule has 5 nitrogen and oxygen atoms in total. The fourth-order valence-electron chi connectivity index (χ4n) is 2.88. The van der Waals surface area contributed by atoms with Gasteiger partial charge in [0.1, 0.15) is 5.75 Å². The first-order valence-electron chi connectivity index (χ1n) is 6.60. The number of ketones is 1. The fraction of sp³-hybridized carbons (Fsp3) is 0.125. The van der Waals surface area contributed by atoms with Crippen molar-refractivity contribution in [2.45, 2.75) is 5.91 Å². The zero-order valence-corrected chi connectivity index (χ0v) is 12.3. The van der Waals surface area contributed by atoms with Gasteiger partial charge in [-0.05, 0) is 24.3 Å². The predicted octanol–water partition coefficient (Wildman–Crippen LogP) is 2.88. The van der Waals surface area contributed by atoms with E-state index in [4.69, 9.17) is 21.1 Å². The second kappa shape index (κ2) is 4.32. The molecule has 4 rings (SSSR count). The molecule has 1 amide bonds. The van der Waals surface area contributed by atoms with Gasteiger partial charge in [0.25, 0.3) is 11.7 Å². The van der Waals surface area contributed by atoms with E-state index in [1.165, 1.54) is 12.0 Å². The molecule has 1 atom stereocenters. The van der Waals surface area contributed by atoms with Gasteiger partial charge in [0, 0.05) is 17.7 Å². The molecule has 2 aliphatic rings. The smallest absolute Gasteiger partial charge is 0.369 e. The van der Waals surface area contributed by atoms with Crippen molar-refractivity contribution in [2.75, 3.05) is 12.0 Å². The summed E-state index contributed by atoms with van der Waals surface area (Å²) in [5, 5.41) is 0.438. The van der Waals surface area contributed by atoms with Gasteiger partial charge in [-0.1, -0.05) is 29.8 Å². The maximum absolute atomic E-state index is 12.9. The number of rotatable bonds is 1. The number of benzene rings is 2. The Balaban J connectivity index is 2.01. The molecule has 0 spiro atoms. The van der Waals surface area contributed by atoms with Crippen molar-refractivity contribution in [3.63, 3.8) is 0 Å². The summed E-state index contributed by atoms with van der Waals surface area (Å²) in [5.74, 6) is -2.21. The standard InChI is InChI=1S/C16H10ClNO4/c1-21-16-14(19)10-4-2-3-5-11(10)15(20)18(16)12-8-9(17)6-7-13(12)22-16/h2-8H,1H3. The van der Waals surface area contributed by atoms with Gasteiger partial charge in [0.2, 0.25) is 0 Å². The molecule has 0 N–H and O–H groups in total. The van der Waals surface area contributed by atoms with Crippen molar-refractivity contribution >= 4 is 29.0 Å². The van der Waals surface area contributed by atoms with Gasteiger partial charge >= 0.3 is 5.91 Å². The summed E-state index contributed by atoms with van der Waals surface area (Å²) in [6.45, 7) is 0. The lowest BCUT2D eigenvalue weighted by Crippen LogP contribution is -2.62. The first-order valence-corrected chi connectivity index (χ1v) is 6.98. The molecule has 1 unspecified atom stereocenters. The number of nitrogens with zero attached hydrogens (tertiary/aromatic N) is 1. The molecule has 2 aliphatic heterocycles. The molecule has 2 aromatic rings. The van der Waals surface area contributed by atoms with E-state index >= 15 is 0 Å². The zero-order valence-electron chi connectivity index (χ0n) is 11.5. The van der Waals surface area contributed by atoms with Crippen LogP contribution < -0.4 is 9.64 Å². The molecule has 0 aromatic heterocycles. The van der Waals surface area contributed by atoms with Gasteiger partial charge in [0.15, 0.2) is 0 Å². The van der Waals surface area contributed by atoms with Crippen LogP contribution in [-0.4, -0.2) is 24.7 Å². The normalized spacial score (nSPS) is 22.0. The van der Waals surface area contributed by atoms with Crippen LogP contribution in [0.3, 0.4) is 0 Å². The second-order valence-corrected chi connectivity index (χ2v) is 5.45. The minimum Gasteiger partial charge on any atom is -0.435 e. The van der Waals surface area contributed by atoms with E-state index in [1.807, 2.05) is 0 Å². The summed E-state index contributed by atoms with van der Waals surface area (Å²) in [5.41, 5.74) is 1.02. The van der Waals surface area contributed by atoms with Gasteiger partial charge in [0.05, 0.1) is 11.3 Å². The van der Waals surface area contributed by atoms with Gasteiger partial charge in [-0.3, -0.25) is 9.59 Å². The Labute approximate surface area is 131 Å². The lowest BCUT2D eigenvalue weighted by Gasteiger charge is -2.37. The summed E-state index contributed by atoms with van der Waals surface area (Å²) >= 11 is 6.01. The molecule has 22 heavy (non-hydrogen) atoms. The maximum atomic E-state index is 12.9. The van der Waals surface area contributed by atoms with Crippen LogP contribution in [0.4, 0.5) is 5.69 Å². The van der Waals surface area contributed by atoms with Gasteiger partial charge in [-0.2, -0.15) is 0 Å². The monoisotopic (exact) mass is 315 g/mol. The third-order valence-corrected chi connectivity index (χ3v) is 4.11. The van der Waals surface area contributed by atoms with Crippen LogP contribution in [-0.2, 0) is 4.74 Å². The second-order valence-electron chi connectivity index (χ2n) is 5.02. The number of amides is 1. The maximum Gasteiger partial charge on any atom is 0.369 e. The Morgan fingerprint density at radius 3 is 2.59 bits per heavy atom. The number of hydrogen-bond donors (Lipinski definition) is 0. The van der Waals surface area contributed by atoms with Crippen LogP contribution in [0.5, 0.6) is 5.75 Å². The van der Waals surface area contributed by atoms with Crippen molar-refractivity contribution in [3.05, 3.63) is 58.6 Å². The lowest BCUT2D eigenvalue weighted by atomic mass is 9.95. The molecule has 0 saturated carbocycles. The average Bonchev–Trinajstić information content (AvgIpc) is 2.88. The van der Waals surface area contributed by atoms with Gasteiger partial charge in [-0.25, -0.2) is 4.90 Å². The van der Waals surface area contributed by atoms with E-state index in [-0.39, 0.29) is 11.5 Å². The van der Waals surface area contributed by atoms with Crippen LogP contribution in [0.2, 0.25) is 5.02 Å². The van der Waals surface area contributed by atoms with Crippen molar-refractivity contribution in [2.24, 2.45) is 0 Å². The Hall–Kier alpha value is -2.37. The van der Waals surface area contributed by atoms with E-state index in [9.17, 15) is 9.59 Å². The first kappa shape index (κ1) is 13.3. The Bertz CT molecular complexity index is 835. The van der Waals surface area contributed by atoms with Crippen LogP contribution in [0.1, 0.15) is 20.7 Å². The molecule has 6 heteroatoms. The highest BCUT2D eigenvalue weighted by atomic mass is 35.5. The lowest BCUT2D eigenvalue weighted by molar-refractivity contribution is -0.112. The number of halogens is 1.